The van der Waals surface area contributed by atoms with Crippen molar-refractivity contribution < 1.29 is 14.2 Å². The van der Waals surface area contributed by atoms with Crippen molar-refractivity contribution in [3.8, 4) is 23.3 Å². The molecule has 0 aliphatic carbocycles. The summed E-state index contributed by atoms with van der Waals surface area (Å²) in [4.78, 5) is 0. The van der Waals surface area contributed by atoms with Crippen molar-refractivity contribution >= 4 is 0 Å². The van der Waals surface area contributed by atoms with Crippen molar-refractivity contribution in [1.29, 1.82) is 5.26 Å². The largest absolute Gasteiger partial charge is 0.493 e. The van der Waals surface area contributed by atoms with Gasteiger partial charge in [0.15, 0.2) is 11.5 Å². The minimum absolute atomic E-state index is 0.264. The number of ether oxygens (including phenoxy) is 3. The molecule has 1 N–H and O–H groups in total. The molecule has 1 aromatic rings. The Morgan fingerprint density at radius 3 is 2.86 bits per heavy atom. The van der Waals surface area contributed by atoms with Crippen LogP contribution in [0.2, 0.25) is 0 Å². The fourth-order valence-electron chi connectivity index (χ4n) is 2.38. The van der Waals surface area contributed by atoms with Gasteiger partial charge in [-0.15, -0.1) is 0 Å². The van der Waals surface area contributed by atoms with Gasteiger partial charge in [0.25, 0.3) is 0 Å². The highest BCUT2D eigenvalue weighted by Gasteiger charge is 2.23. The van der Waals surface area contributed by atoms with Crippen LogP contribution in [-0.2, 0) is 0 Å². The third kappa shape index (κ3) is 4.27. The molecule has 1 aliphatic rings. The first kappa shape index (κ1) is 15.5. The van der Waals surface area contributed by atoms with Gasteiger partial charge >= 0.3 is 0 Å². The minimum atomic E-state index is -0.508. The third-order valence-electron chi connectivity index (χ3n) is 3.29. The smallest absolute Gasteiger partial charge is 0.231 e. The monoisotopic (exact) mass is 290 g/mol. The van der Waals surface area contributed by atoms with E-state index >= 15 is 0 Å². The van der Waals surface area contributed by atoms with Gasteiger partial charge in [0.05, 0.1) is 12.7 Å². The topological polar surface area (TPSA) is 63.5 Å². The molecule has 1 aromatic carbocycles. The number of hydrogen-bond donors (Lipinski definition) is 1. The second-order valence-corrected chi connectivity index (χ2v) is 5.71. The van der Waals surface area contributed by atoms with E-state index in [4.69, 9.17) is 14.2 Å². The highest BCUT2D eigenvalue weighted by Crippen LogP contribution is 2.35. The maximum atomic E-state index is 9.27. The van der Waals surface area contributed by atoms with E-state index in [-0.39, 0.29) is 12.8 Å². The average molecular weight is 290 g/mol. The summed E-state index contributed by atoms with van der Waals surface area (Å²) in [5, 5.41) is 12.6. The first-order valence-electron chi connectivity index (χ1n) is 7.24. The molecule has 0 saturated heterocycles. The summed E-state index contributed by atoms with van der Waals surface area (Å²) in [6.45, 7) is 6.84. The first-order valence-corrected chi connectivity index (χ1v) is 7.24. The van der Waals surface area contributed by atoms with Gasteiger partial charge in [0.2, 0.25) is 6.79 Å². The molecule has 21 heavy (non-hydrogen) atoms. The lowest BCUT2D eigenvalue weighted by Gasteiger charge is -2.25. The Morgan fingerprint density at radius 2 is 2.14 bits per heavy atom. The van der Waals surface area contributed by atoms with Crippen LogP contribution in [0.25, 0.3) is 0 Å². The fourth-order valence-corrected chi connectivity index (χ4v) is 2.38. The van der Waals surface area contributed by atoms with Gasteiger partial charge in [-0.2, -0.15) is 5.26 Å². The molecule has 5 nitrogen and oxygen atoms in total. The third-order valence-corrected chi connectivity index (χ3v) is 3.29. The lowest BCUT2D eigenvalue weighted by Crippen LogP contribution is -2.45. The summed E-state index contributed by atoms with van der Waals surface area (Å²) in [7, 11) is 0. The normalized spacial score (nSPS) is 15.6. The van der Waals surface area contributed by atoms with E-state index in [0.29, 0.717) is 6.61 Å². The van der Waals surface area contributed by atoms with Gasteiger partial charge in [-0.1, -0.05) is 0 Å². The maximum absolute atomic E-state index is 9.27. The van der Waals surface area contributed by atoms with Crippen LogP contribution in [-0.4, -0.2) is 25.0 Å². The van der Waals surface area contributed by atoms with E-state index < -0.39 is 5.54 Å². The Bertz CT molecular complexity index is 525. The molecule has 0 saturated carbocycles. The lowest BCUT2D eigenvalue weighted by atomic mass is 9.97. The molecule has 0 fully saturated rings. The van der Waals surface area contributed by atoms with Crippen LogP contribution >= 0.6 is 0 Å². The number of nitriles is 1. The Balaban J connectivity index is 1.78. The van der Waals surface area contributed by atoms with Crippen molar-refractivity contribution in [1.82, 2.24) is 5.32 Å². The summed E-state index contributed by atoms with van der Waals surface area (Å²) in [5.41, 5.74) is -0.508. The van der Waals surface area contributed by atoms with Crippen LogP contribution in [0, 0.1) is 11.3 Å². The molecule has 1 aliphatic heterocycles. The molecule has 0 radical (unpaired) electrons. The number of hydrogen-bond acceptors (Lipinski definition) is 5. The molecular formula is C16H22N2O3. The highest BCUT2D eigenvalue weighted by molar-refractivity contribution is 5.46. The molecule has 0 aromatic heterocycles. The van der Waals surface area contributed by atoms with E-state index in [1.54, 1.807) is 0 Å². The van der Waals surface area contributed by atoms with E-state index in [1.807, 2.05) is 39.0 Å². The molecule has 1 atom stereocenters. The maximum Gasteiger partial charge on any atom is 0.231 e. The number of benzene rings is 1. The molecule has 0 bridgehead atoms. The summed E-state index contributed by atoms with van der Waals surface area (Å²) >= 11 is 0. The SMILES string of the molecule is CC(C)NC(C)(C#N)CCCOc1ccc2c(c1)OCO2. The Kier molecular flexibility index (Phi) is 4.92. The summed E-state index contributed by atoms with van der Waals surface area (Å²) in [6, 6.07) is 8.16. The summed E-state index contributed by atoms with van der Waals surface area (Å²) in [6.07, 6.45) is 1.55. The van der Waals surface area contributed by atoms with Gasteiger partial charge < -0.3 is 14.2 Å². The Hall–Kier alpha value is -1.93. The van der Waals surface area contributed by atoms with E-state index in [0.717, 1.165) is 30.1 Å². The number of fused-ring (bicyclic) bond motifs is 1. The molecule has 1 unspecified atom stereocenters. The predicted molar refractivity (Wildman–Crippen MR) is 79.6 cm³/mol. The average Bonchev–Trinajstić information content (AvgIpc) is 2.90. The molecule has 0 amide bonds. The number of rotatable bonds is 7. The first-order chi connectivity index (χ1) is 10.0. The van der Waals surface area contributed by atoms with Crippen molar-refractivity contribution in [3.63, 3.8) is 0 Å². The zero-order chi connectivity index (χ0) is 15.3. The predicted octanol–water partition coefficient (Wildman–Crippen LogP) is 2.85. The van der Waals surface area contributed by atoms with Crippen LogP contribution in [0.5, 0.6) is 17.2 Å². The summed E-state index contributed by atoms with van der Waals surface area (Å²) < 4.78 is 16.3. The van der Waals surface area contributed by atoms with Gasteiger partial charge in [-0.3, -0.25) is 5.32 Å². The summed E-state index contributed by atoms with van der Waals surface area (Å²) in [5.74, 6) is 2.23. The van der Waals surface area contributed by atoms with Gasteiger partial charge in [0.1, 0.15) is 11.3 Å². The molecule has 0 spiro atoms. The molecule has 2 rings (SSSR count). The van der Waals surface area contributed by atoms with Crippen LogP contribution in [0.1, 0.15) is 33.6 Å². The van der Waals surface area contributed by atoms with Crippen molar-refractivity contribution in [2.24, 2.45) is 0 Å². The fraction of sp³-hybridized carbons (Fsp3) is 0.562. The van der Waals surface area contributed by atoms with E-state index in [2.05, 4.69) is 11.4 Å². The lowest BCUT2D eigenvalue weighted by molar-refractivity contribution is 0.173. The van der Waals surface area contributed by atoms with Crippen molar-refractivity contribution in [3.05, 3.63) is 18.2 Å². The standard InChI is InChI=1S/C16H22N2O3/c1-12(2)18-16(3,10-17)7-4-8-19-13-5-6-14-15(9-13)21-11-20-14/h5-6,9,12,18H,4,7-8,11H2,1-3H3. The zero-order valence-corrected chi connectivity index (χ0v) is 12.8. The number of nitrogens with zero attached hydrogens (tertiary/aromatic N) is 1. The van der Waals surface area contributed by atoms with E-state index in [9.17, 15) is 5.26 Å². The zero-order valence-electron chi connectivity index (χ0n) is 12.8. The molecule has 5 heteroatoms. The second kappa shape index (κ2) is 6.68. The van der Waals surface area contributed by atoms with Crippen LogP contribution in [0.15, 0.2) is 18.2 Å². The Morgan fingerprint density at radius 1 is 1.38 bits per heavy atom. The highest BCUT2D eigenvalue weighted by atomic mass is 16.7. The Labute approximate surface area is 125 Å². The minimum Gasteiger partial charge on any atom is -0.493 e. The van der Waals surface area contributed by atoms with Gasteiger partial charge in [-0.25, -0.2) is 0 Å². The van der Waals surface area contributed by atoms with E-state index in [1.165, 1.54) is 0 Å². The van der Waals surface area contributed by atoms with Crippen LogP contribution in [0.3, 0.4) is 0 Å². The van der Waals surface area contributed by atoms with Crippen LogP contribution < -0.4 is 19.5 Å². The second-order valence-electron chi connectivity index (χ2n) is 5.71. The van der Waals surface area contributed by atoms with Crippen molar-refractivity contribution in [2.75, 3.05) is 13.4 Å². The molecular weight excluding hydrogens is 268 g/mol. The van der Waals surface area contributed by atoms with Gasteiger partial charge in [-0.05, 0) is 45.7 Å². The van der Waals surface area contributed by atoms with Crippen LogP contribution in [0.4, 0.5) is 0 Å². The molecule has 114 valence electrons. The van der Waals surface area contributed by atoms with Gasteiger partial charge in [0, 0.05) is 12.1 Å². The number of nitrogens with one attached hydrogen (secondary N) is 1. The molecule has 1 heterocycles. The quantitative estimate of drug-likeness (QED) is 0.782. The van der Waals surface area contributed by atoms with Crippen molar-refractivity contribution in [2.45, 2.75) is 45.2 Å².